The monoisotopic (exact) mass is 464 g/mol. The molecule has 3 heterocycles. The van der Waals surface area contributed by atoms with Crippen molar-refractivity contribution in [1.29, 1.82) is 0 Å². The molecule has 0 amide bonds. The smallest absolute Gasteiger partial charge is 0.159 e. The van der Waals surface area contributed by atoms with Gasteiger partial charge in [0.25, 0.3) is 0 Å². The van der Waals surface area contributed by atoms with Gasteiger partial charge in [-0.1, -0.05) is 0 Å². The Morgan fingerprint density at radius 1 is 1.00 bits per heavy atom. The fourth-order valence-electron chi connectivity index (χ4n) is 4.58. The lowest BCUT2D eigenvalue weighted by Crippen LogP contribution is -2.36. The van der Waals surface area contributed by atoms with Gasteiger partial charge in [-0.15, -0.1) is 0 Å². The van der Waals surface area contributed by atoms with E-state index in [1.807, 2.05) is 0 Å². The summed E-state index contributed by atoms with van der Waals surface area (Å²) in [6.45, 7) is 6.56. The van der Waals surface area contributed by atoms with Crippen LogP contribution < -0.4 is 15.0 Å². The summed E-state index contributed by atoms with van der Waals surface area (Å²) in [6, 6.07) is 4.54. The van der Waals surface area contributed by atoms with Crippen molar-refractivity contribution >= 4 is 22.4 Å². The maximum Gasteiger partial charge on any atom is 0.159 e. The van der Waals surface area contributed by atoms with Gasteiger partial charge >= 0.3 is 0 Å². The topological polar surface area (TPSA) is 106 Å². The number of morpholine rings is 1. The van der Waals surface area contributed by atoms with Crippen molar-refractivity contribution < 1.29 is 14.6 Å². The fourth-order valence-corrected chi connectivity index (χ4v) is 4.58. The highest BCUT2D eigenvalue weighted by molar-refractivity contribution is 5.85. The summed E-state index contributed by atoms with van der Waals surface area (Å²) in [6.07, 6.45) is 10.9. The van der Waals surface area contributed by atoms with E-state index in [0.717, 1.165) is 80.1 Å². The molecule has 0 spiro atoms. The summed E-state index contributed by atoms with van der Waals surface area (Å²) in [5.74, 6) is 1.23. The normalized spacial score (nSPS) is 21.4. The first-order valence-electron chi connectivity index (χ1n) is 12.0. The van der Waals surface area contributed by atoms with Gasteiger partial charge in [0, 0.05) is 43.3 Å². The maximum atomic E-state index is 10.0. The highest BCUT2D eigenvalue weighted by Crippen LogP contribution is 2.33. The molecule has 0 bridgehead atoms. The number of hydrogen-bond donors (Lipinski definition) is 2. The molecule has 1 saturated heterocycles. The number of aliphatic hydroxyl groups is 1. The molecule has 9 nitrogen and oxygen atoms in total. The first-order valence-corrected chi connectivity index (χ1v) is 12.0. The molecule has 1 saturated carbocycles. The van der Waals surface area contributed by atoms with E-state index in [0.29, 0.717) is 11.9 Å². The van der Waals surface area contributed by atoms with Gasteiger partial charge in [0.05, 0.1) is 42.9 Å². The molecule has 1 aliphatic carbocycles. The summed E-state index contributed by atoms with van der Waals surface area (Å²) >= 11 is 0. The van der Waals surface area contributed by atoms with Crippen molar-refractivity contribution in [3.63, 3.8) is 0 Å². The van der Waals surface area contributed by atoms with Gasteiger partial charge in [-0.3, -0.25) is 4.98 Å². The quantitative estimate of drug-likeness (QED) is 0.568. The Balaban J connectivity index is 1.23. The van der Waals surface area contributed by atoms with Crippen molar-refractivity contribution in [1.82, 2.24) is 19.9 Å². The Morgan fingerprint density at radius 2 is 1.71 bits per heavy atom. The third-order valence-corrected chi connectivity index (χ3v) is 6.44. The van der Waals surface area contributed by atoms with Gasteiger partial charge in [-0.25, -0.2) is 15.0 Å². The van der Waals surface area contributed by atoms with E-state index in [1.54, 1.807) is 38.6 Å². The summed E-state index contributed by atoms with van der Waals surface area (Å²) in [5.41, 5.74) is 2.60. The lowest BCUT2D eigenvalue weighted by atomic mass is 9.92. The van der Waals surface area contributed by atoms with Crippen LogP contribution in [0.2, 0.25) is 0 Å². The SMILES string of the molecule is CC(C)(O)c1ncc(NC2CCC(Oc3cc(N4CCOCC4)cc4nccnc34)CC2)cn1. The van der Waals surface area contributed by atoms with Crippen molar-refractivity contribution in [3.05, 3.63) is 42.7 Å². The Bertz CT molecular complexity index is 1100. The highest BCUT2D eigenvalue weighted by atomic mass is 16.5. The zero-order valence-electron chi connectivity index (χ0n) is 19.8. The zero-order chi connectivity index (χ0) is 23.5. The summed E-state index contributed by atoms with van der Waals surface area (Å²) in [5, 5.41) is 13.6. The highest BCUT2D eigenvalue weighted by Gasteiger charge is 2.25. The Morgan fingerprint density at radius 3 is 2.41 bits per heavy atom. The average molecular weight is 465 g/mol. The molecule has 2 aliphatic rings. The van der Waals surface area contributed by atoms with Crippen LogP contribution in [0.5, 0.6) is 5.75 Å². The summed E-state index contributed by atoms with van der Waals surface area (Å²) in [4.78, 5) is 20.0. The van der Waals surface area contributed by atoms with Crippen LogP contribution >= 0.6 is 0 Å². The van der Waals surface area contributed by atoms with Gasteiger partial charge < -0.3 is 24.8 Å². The molecule has 2 aromatic heterocycles. The molecule has 2 fully saturated rings. The molecule has 180 valence electrons. The van der Waals surface area contributed by atoms with Crippen molar-refractivity contribution in [2.45, 2.75) is 57.3 Å². The lowest BCUT2D eigenvalue weighted by molar-refractivity contribution is 0.0687. The minimum atomic E-state index is -1.04. The van der Waals surface area contributed by atoms with E-state index < -0.39 is 5.60 Å². The van der Waals surface area contributed by atoms with Crippen LogP contribution in [0.1, 0.15) is 45.4 Å². The molecule has 2 N–H and O–H groups in total. The molecule has 5 rings (SSSR count). The molecule has 9 heteroatoms. The zero-order valence-corrected chi connectivity index (χ0v) is 19.8. The Labute approximate surface area is 199 Å². The molecule has 0 unspecified atom stereocenters. The van der Waals surface area contributed by atoms with Crippen molar-refractivity contribution in [2.75, 3.05) is 36.5 Å². The van der Waals surface area contributed by atoms with Crippen molar-refractivity contribution in [2.24, 2.45) is 0 Å². The van der Waals surface area contributed by atoms with E-state index in [9.17, 15) is 5.11 Å². The Hall–Kier alpha value is -3.04. The third-order valence-electron chi connectivity index (χ3n) is 6.44. The fraction of sp³-hybridized carbons (Fsp3) is 0.520. The predicted octanol–water partition coefficient (Wildman–Crippen LogP) is 3.29. The standard InChI is InChI=1S/C25H32N6O3/c1-25(2,32)24-28-15-18(16-29-24)30-17-3-5-20(6-4-17)34-22-14-19(31-9-11-33-12-10-31)13-21-23(22)27-8-7-26-21/h7-8,13-17,20,30,32H,3-6,9-12H2,1-2H3. The average Bonchev–Trinajstić information content (AvgIpc) is 2.85. The van der Waals surface area contributed by atoms with E-state index >= 15 is 0 Å². The number of nitrogens with zero attached hydrogens (tertiary/aromatic N) is 5. The molecule has 34 heavy (non-hydrogen) atoms. The molecular weight excluding hydrogens is 432 g/mol. The van der Waals surface area contributed by atoms with Gasteiger partial charge in [-0.05, 0) is 45.6 Å². The van der Waals surface area contributed by atoms with E-state index in [2.05, 4.69) is 42.3 Å². The number of aromatic nitrogens is 4. The van der Waals surface area contributed by atoms with Crippen LogP contribution in [0.3, 0.4) is 0 Å². The molecule has 1 aromatic carbocycles. The predicted molar refractivity (Wildman–Crippen MR) is 130 cm³/mol. The molecule has 0 radical (unpaired) electrons. The van der Waals surface area contributed by atoms with Crippen molar-refractivity contribution in [3.8, 4) is 5.75 Å². The second kappa shape index (κ2) is 9.68. The number of nitrogens with one attached hydrogen (secondary N) is 1. The lowest BCUT2D eigenvalue weighted by Gasteiger charge is -2.31. The number of ether oxygens (including phenoxy) is 2. The molecule has 3 aromatic rings. The van der Waals surface area contributed by atoms with Crippen LogP contribution in [-0.4, -0.2) is 63.5 Å². The van der Waals surface area contributed by atoms with E-state index in [4.69, 9.17) is 9.47 Å². The van der Waals surface area contributed by atoms with Crippen LogP contribution in [0, 0.1) is 0 Å². The number of anilines is 2. The number of rotatable bonds is 6. The van der Waals surface area contributed by atoms with E-state index in [1.165, 1.54) is 0 Å². The van der Waals surface area contributed by atoms with Gasteiger partial charge in [0.2, 0.25) is 0 Å². The number of hydrogen-bond acceptors (Lipinski definition) is 9. The third kappa shape index (κ3) is 5.20. The summed E-state index contributed by atoms with van der Waals surface area (Å²) in [7, 11) is 0. The minimum absolute atomic E-state index is 0.136. The first kappa shape index (κ1) is 22.7. The van der Waals surface area contributed by atoms with Crippen LogP contribution in [-0.2, 0) is 10.3 Å². The van der Waals surface area contributed by atoms with Gasteiger partial charge in [0.15, 0.2) is 5.82 Å². The minimum Gasteiger partial charge on any atom is -0.488 e. The molecular formula is C25H32N6O3. The van der Waals surface area contributed by atoms with Gasteiger partial charge in [0.1, 0.15) is 16.9 Å². The van der Waals surface area contributed by atoms with Gasteiger partial charge in [-0.2, -0.15) is 0 Å². The maximum absolute atomic E-state index is 10.0. The molecule has 1 aliphatic heterocycles. The van der Waals surface area contributed by atoms with Crippen LogP contribution in [0.25, 0.3) is 11.0 Å². The van der Waals surface area contributed by atoms with Crippen LogP contribution in [0.15, 0.2) is 36.9 Å². The van der Waals surface area contributed by atoms with E-state index in [-0.39, 0.29) is 6.10 Å². The first-order chi connectivity index (χ1) is 16.5. The number of fused-ring (bicyclic) bond motifs is 1. The number of benzene rings is 1. The Kier molecular flexibility index (Phi) is 6.47. The largest absolute Gasteiger partial charge is 0.488 e. The molecule has 0 atom stereocenters. The second-order valence-corrected chi connectivity index (χ2v) is 9.56. The van der Waals surface area contributed by atoms with Crippen LogP contribution in [0.4, 0.5) is 11.4 Å². The second-order valence-electron chi connectivity index (χ2n) is 9.56. The summed E-state index contributed by atoms with van der Waals surface area (Å²) < 4.78 is 12.0.